The van der Waals surface area contributed by atoms with Crippen molar-refractivity contribution in [2.24, 2.45) is 4.99 Å². The smallest absolute Gasteiger partial charge is 0.410 e. The first-order valence-corrected chi connectivity index (χ1v) is 18.9. The van der Waals surface area contributed by atoms with Gasteiger partial charge in [0.05, 0.1) is 5.69 Å². The Kier molecular flexibility index (Phi) is 11.0. The zero-order valence-electron chi connectivity index (χ0n) is 27.6. The Labute approximate surface area is 268 Å². The molecule has 0 aliphatic carbocycles. The molecule has 242 valence electrons. The summed E-state index contributed by atoms with van der Waals surface area (Å²) in [6.07, 6.45) is 4.29. The van der Waals surface area contributed by atoms with E-state index in [1.54, 1.807) is 0 Å². The third-order valence-corrected chi connectivity index (χ3v) is 13.5. The molecule has 1 fully saturated rings. The van der Waals surface area contributed by atoms with Crippen LogP contribution in [0.25, 0.3) is 17.2 Å². The minimum Gasteiger partial charge on any atom is -0.465 e. The minimum absolute atomic E-state index is 0.0533. The number of carboxylic acid groups (broad SMARTS) is 1. The van der Waals surface area contributed by atoms with Crippen molar-refractivity contribution in [3.05, 3.63) is 59.2 Å². The lowest BCUT2D eigenvalue weighted by molar-refractivity contribution is -0.127. The topological polar surface area (TPSA) is 112 Å². The van der Waals surface area contributed by atoms with Gasteiger partial charge in [0.1, 0.15) is 5.84 Å². The molecular weight excluding hydrogens is 584 g/mol. The highest BCUT2D eigenvalue weighted by Gasteiger charge is 2.37. The molecule has 2 aromatic rings. The van der Waals surface area contributed by atoms with Crippen molar-refractivity contribution in [1.82, 2.24) is 15.1 Å². The van der Waals surface area contributed by atoms with Crippen molar-refractivity contribution in [2.75, 3.05) is 32.8 Å². The Morgan fingerprint density at radius 2 is 1.69 bits per heavy atom. The van der Waals surface area contributed by atoms with Crippen LogP contribution >= 0.6 is 0 Å². The number of benzene rings is 2. The highest BCUT2D eigenvalue weighted by Crippen LogP contribution is 2.37. The molecule has 0 radical (unpaired) electrons. The van der Waals surface area contributed by atoms with Crippen LogP contribution in [0.5, 0.6) is 0 Å². The van der Waals surface area contributed by atoms with Gasteiger partial charge in [-0.2, -0.15) is 0 Å². The second-order valence-corrected chi connectivity index (χ2v) is 18.2. The quantitative estimate of drug-likeness (QED) is 0.211. The van der Waals surface area contributed by atoms with Crippen molar-refractivity contribution in [3.63, 3.8) is 0 Å². The summed E-state index contributed by atoms with van der Waals surface area (Å²) in [6.45, 7) is 16.5. The van der Waals surface area contributed by atoms with E-state index in [0.717, 1.165) is 55.5 Å². The van der Waals surface area contributed by atoms with Gasteiger partial charge in [0, 0.05) is 55.9 Å². The van der Waals surface area contributed by atoms with Gasteiger partial charge in [-0.15, -0.1) is 0 Å². The van der Waals surface area contributed by atoms with E-state index in [0.29, 0.717) is 36.5 Å². The molecular formula is C35H48N4O5Si. The molecule has 4 rings (SSSR count). The molecule has 10 heteroatoms. The van der Waals surface area contributed by atoms with Gasteiger partial charge in [-0.25, -0.2) is 9.79 Å². The van der Waals surface area contributed by atoms with E-state index in [9.17, 15) is 19.5 Å². The van der Waals surface area contributed by atoms with E-state index in [-0.39, 0.29) is 29.1 Å². The van der Waals surface area contributed by atoms with Crippen molar-refractivity contribution < 1.29 is 23.9 Å². The van der Waals surface area contributed by atoms with Crippen LogP contribution < -0.4 is 5.32 Å². The van der Waals surface area contributed by atoms with E-state index in [4.69, 9.17) is 4.43 Å². The fraction of sp³-hybridized carbons (Fsp3) is 0.486. The number of likely N-dealkylation sites (tertiary alicyclic amines) is 1. The summed E-state index contributed by atoms with van der Waals surface area (Å²) in [4.78, 5) is 46.7. The lowest BCUT2D eigenvalue weighted by Gasteiger charge is -2.36. The van der Waals surface area contributed by atoms with E-state index in [1.165, 1.54) is 0 Å². The van der Waals surface area contributed by atoms with Crippen molar-refractivity contribution >= 4 is 43.8 Å². The van der Waals surface area contributed by atoms with Gasteiger partial charge in [0.15, 0.2) is 8.32 Å². The van der Waals surface area contributed by atoms with Crippen LogP contribution in [0.2, 0.25) is 18.1 Å². The van der Waals surface area contributed by atoms with E-state index in [1.807, 2.05) is 65.3 Å². The van der Waals surface area contributed by atoms with Gasteiger partial charge in [-0.05, 0) is 79.2 Å². The highest BCUT2D eigenvalue weighted by atomic mass is 28.4. The number of rotatable bonds is 10. The van der Waals surface area contributed by atoms with Crippen LogP contribution in [0.15, 0.2) is 53.0 Å². The molecule has 0 bridgehead atoms. The maximum absolute atomic E-state index is 13.9. The van der Waals surface area contributed by atoms with Gasteiger partial charge in [0.2, 0.25) is 5.91 Å². The number of nitrogens with zero attached hydrogens (tertiary/aromatic N) is 3. The zero-order valence-corrected chi connectivity index (χ0v) is 28.6. The van der Waals surface area contributed by atoms with Gasteiger partial charge in [0.25, 0.3) is 5.91 Å². The number of amidine groups is 1. The second-order valence-electron chi connectivity index (χ2n) is 13.4. The fourth-order valence-electron chi connectivity index (χ4n) is 5.37. The van der Waals surface area contributed by atoms with Crippen LogP contribution in [0.4, 0.5) is 10.5 Å². The standard InChI is InChI=1S/C35H48N4O5Si/c1-7-17-38(20-10-21-44-45(5,6)35(2,3)4)33(41)29-22-28-16-15-27(23-30(28)36-31(24-29)37-34(42)43)25-11-13-26(14-12-25)32(40)39-18-8-9-19-39/h11-16,22-23H,7-10,17-21,24H2,1-6H3,(H,36,37)(H,42,43). The van der Waals surface area contributed by atoms with Gasteiger partial charge in [-0.1, -0.05) is 52.0 Å². The maximum atomic E-state index is 13.9. The maximum Gasteiger partial charge on any atom is 0.410 e. The fourth-order valence-corrected chi connectivity index (χ4v) is 6.46. The molecule has 0 atom stereocenters. The molecule has 0 aromatic heterocycles. The Hall–Kier alpha value is -3.76. The summed E-state index contributed by atoms with van der Waals surface area (Å²) in [5.41, 5.74) is 4.25. The van der Waals surface area contributed by atoms with Crippen molar-refractivity contribution in [2.45, 2.75) is 77.9 Å². The van der Waals surface area contributed by atoms with E-state index < -0.39 is 14.4 Å². The monoisotopic (exact) mass is 632 g/mol. The zero-order chi connectivity index (χ0) is 32.8. The molecule has 2 heterocycles. The number of carbonyl (C=O) groups excluding carboxylic acids is 2. The molecule has 45 heavy (non-hydrogen) atoms. The summed E-state index contributed by atoms with van der Waals surface area (Å²) in [5, 5.41) is 12.0. The molecule has 2 aliphatic rings. The average molecular weight is 633 g/mol. The summed E-state index contributed by atoms with van der Waals surface area (Å²) in [5.74, 6) is 0.124. The van der Waals surface area contributed by atoms with Gasteiger partial charge >= 0.3 is 6.09 Å². The molecule has 0 spiro atoms. The van der Waals surface area contributed by atoms with Gasteiger partial charge < -0.3 is 19.3 Å². The van der Waals surface area contributed by atoms with Gasteiger partial charge in [-0.3, -0.25) is 14.9 Å². The molecule has 3 amide bonds. The Bertz CT molecular complexity index is 1450. The number of nitrogens with one attached hydrogen (secondary N) is 1. The molecule has 0 saturated carbocycles. The van der Waals surface area contributed by atoms with Crippen molar-refractivity contribution in [3.8, 4) is 11.1 Å². The Morgan fingerprint density at radius 3 is 2.31 bits per heavy atom. The SMILES string of the molecule is CCCN(CCCO[Si](C)(C)C(C)(C)C)C(=O)C1=Cc2ccc(-c3ccc(C(=O)N4CCCC4)cc3)cc2N=C(NC(=O)O)C1. The second kappa shape index (κ2) is 14.6. The lowest BCUT2D eigenvalue weighted by atomic mass is 9.99. The summed E-state index contributed by atoms with van der Waals surface area (Å²) < 4.78 is 6.34. The number of hydrogen-bond acceptors (Lipinski definition) is 5. The predicted octanol–water partition coefficient (Wildman–Crippen LogP) is 7.32. The van der Waals surface area contributed by atoms with Crippen LogP contribution in [0, 0.1) is 0 Å². The van der Waals surface area contributed by atoms with Crippen LogP contribution in [0.1, 0.15) is 75.7 Å². The first-order chi connectivity index (χ1) is 21.3. The number of carbonyl (C=O) groups is 3. The average Bonchev–Trinajstić information content (AvgIpc) is 3.46. The Balaban J connectivity index is 1.55. The first kappa shape index (κ1) is 34.1. The van der Waals surface area contributed by atoms with E-state index in [2.05, 4.69) is 44.2 Å². The normalized spacial score (nSPS) is 15.1. The molecule has 0 unspecified atom stereocenters. The lowest BCUT2D eigenvalue weighted by Crippen LogP contribution is -2.41. The summed E-state index contributed by atoms with van der Waals surface area (Å²) in [7, 11) is -1.88. The van der Waals surface area contributed by atoms with E-state index >= 15 is 0 Å². The van der Waals surface area contributed by atoms with Crippen LogP contribution in [0.3, 0.4) is 0 Å². The van der Waals surface area contributed by atoms with Crippen LogP contribution in [-0.2, 0) is 9.22 Å². The number of hydrogen-bond donors (Lipinski definition) is 2. The summed E-state index contributed by atoms with van der Waals surface area (Å²) in [6, 6.07) is 13.3. The minimum atomic E-state index is -1.88. The predicted molar refractivity (Wildman–Crippen MR) is 183 cm³/mol. The Morgan fingerprint density at radius 1 is 1.02 bits per heavy atom. The third-order valence-electron chi connectivity index (χ3n) is 8.98. The molecule has 2 aromatic carbocycles. The largest absolute Gasteiger partial charge is 0.465 e. The molecule has 1 saturated heterocycles. The summed E-state index contributed by atoms with van der Waals surface area (Å²) >= 11 is 0. The van der Waals surface area contributed by atoms with Crippen molar-refractivity contribution in [1.29, 1.82) is 0 Å². The molecule has 2 aliphatic heterocycles. The first-order valence-electron chi connectivity index (χ1n) is 16.0. The molecule has 9 nitrogen and oxygen atoms in total. The molecule has 2 N–H and O–H groups in total. The van der Waals surface area contributed by atoms with Crippen LogP contribution in [-0.4, -0.2) is 79.8 Å². The number of aliphatic imine (C=N–C) groups is 1. The number of fused-ring (bicyclic) bond motifs is 1. The third kappa shape index (κ3) is 8.70. The number of amides is 3. The highest BCUT2D eigenvalue weighted by molar-refractivity contribution is 6.74.